The molecule has 1 amide bonds. The average molecular weight is 335 g/mol. The largest absolute Gasteiger partial charge is 0.378 e. The number of nitrogens with zero attached hydrogens (tertiary/aromatic N) is 1. The van der Waals surface area contributed by atoms with Crippen LogP contribution in [0.2, 0.25) is 0 Å². The summed E-state index contributed by atoms with van der Waals surface area (Å²) in [5, 5.41) is 4.29. The van der Waals surface area contributed by atoms with Gasteiger partial charge in [0, 0.05) is 43.3 Å². The minimum absolute atomic E-state index is 0.00619. The summed E-state index contributed by atoms with van der Waals surface area (Å²) in [5.41, 5.74) is 4.58. The first-order chi connectivity index (χ1) is 12.0. The molecule has 3 aromatic rings. The van der Waals surface area contributed by atoms with Gasteiger partial charge in [-0.2, -0.15) is 0 Å². The number of fused-ring (bicyclic) bond motifs is 1. The number of aromatic nitrogens is 1. The van der Waals surface area contributed by atoms with Gasteiger partial charge in [-0.3, -0.25) is 4.79 Å². The van der Waals surface area contributed by atoms with Crippen molar-refractivity contribution in [1.29, 1.82) is 0 Å². The lowest BCUT2D eigenvalue weighted by molar-refractivity contribution is -0.121. The predicted octanol–water partition coefficient (Wildman–Crippen LogP) is 4.04. The number of hydrogen-bond donors (Lipinski definition) is 2. The Hall–Kier alpha value is -2.75. The highest BCUT2D eigenvalue weighted by atomic mass is 16.1. The van der Waals surface area contributed by atoms with Gasteiger partial charge in [0.25, 0.3) is 0 Å². The maximum Gasteiger partial charge on any atom is 0.220 e. The van der Waals surface area contributed by atoms with E-state index in [0.29, 0.717) is 6.42 Å². The van der Waals surface area contributed by atoms with Crippen molar-refractivity contribution in [3.8, 4) is 0 Å². The van der Waals surface area contributed by atoms with Gasteiger partial charge in [0.05, 0.1) is 6.04 Å². The summed E-state index contributed by atoms with van der Waals surface area (Å²) >= 11 is 0. The van der Waals surface area contributed by atoms with Crippen LogP contribution < -0.4 is 10.2 Å². The minimum atomic E-state index is 0.00619. The van der Waals surface area contributed by atoms with E-state index in [1.165, 1.54) is 10.9 Å². The molecule has 4 heteroatoms. The van der Waals surface area contributed by atoms with Gasteiger partial charge in [-0.1, -0.05) is 30.3 Å². The molecule has 1 unspecified atom stereocenters. The average Bonchev–Trinajstić information content (AvgIpc) is 3.03. The van der Waals surface area contributed by atoms with Gasteiger partial charge in [-0.05, 0) is 42.7 Å². The van der Waals surface area contributed by atoms with Gasteiger partial charge in [0.1, 0.15) is 0 Å². The fourth-order valence-corrected chi connectivity index (χ4v) is 3.04. The maximum atomic E-state index is 12.3. The number of carbonyl (C=O) groups excluding carboxylic acids is 1. The fourth-order valence-electron chi connectivity index (χ4n) is 3.04. The summed E-state index contributed by atoms with van der Waals surface area (Å²) in [7, 11) is 4.04. The SMILES string of the molecule is CC(NC(=O)CCc1c[nH]c2ccccc12)c1ccc(N(C)C)cc1. The van der Waals surface area contributed by atoms with Crippen molar-refractivity contribution in [1.82, 2.24) is 10.3 Å². The molecule has 0 aliphatic carbocycles. The fraction of sp³-hybridized carbons (Fsp3) is 0.286. The third kappa shape index (κ3) is 4.02. The Kier molecular flexibility index (Phi) is 5.08. The third-order valence-corrected chi connectivity index (χ3v) is 4.58. The van der Waals surface area contributed by atoms with Crippen molar-refractivity contribution in [2.75, 3.05) is 19.0 Å². The van der Waals surface area contributed by atoms with Crippen LogP contribution in [0.1, 0.15) is 30.5 Å². The molecule has 0 aliphatic heterocycles. The molecular formula is C21H25N3O. The second-order valence-corrected chi connectivity index (χ2v) is 6.63. The minimum Gasteiger partial charge on any atom is -0.378 e. The molecule has 0 aliphatic rings. The van der Waals surface area contributed by atoms with Gasteiger partial charge in [0.15, 0.2) is 0 Å². The number of aryl methyl sites for hydroxylation is 1. The van der Waals surface area contributed by atoms with Crippen LogP contribution in [0.15, 0.2) is 54.7 Å². The van der Waals surface area contributed by atoms with Crippen molar-refractivity contribution in [3.63, 3.8) is 0 Å². The molecule has 1 aromatic heterocycles. The Morgan fingerprint density at radius 3 is 2.56 bits per heavy atom. The summed E-state index contributed by atoms with van der Waals surface area (Å²) in [4.78, 5) is 17.6. The maximum absolute atomic E-state index is 12.3. The van der Waals surface area contributed by atoms with Crippen LogP contribution in [0.5, 0.6) is 0 Å². The molecule has 0 saturated carbocycles. The van der Waals surface area contributed by atoms with E-state index < -0.39 is 0 Å². The third-order valence-electron chi connectivity index (χ3n) is 4.58. The van der Waals surface area contributed by atoms with E-state index in [4.69, 9.17) is 0 Å². The monoisotopic (exact) mass is 335 g/mol. The van der Waals surface area contributed by atoms with Crippen molar-refractivity contribution < 1.29 is 4.79 Å². The van der Waals surface area contributed by atoms with Gasteiger partial charge in [-0.25, -0.2) is 0 Å². The van der Waals surface area contributed by atoms with Crippen LogP contribution in [0.4, 0.5) is 5.69 Å². The molecule has 0 radical (unpaired) electrons. The van der Waals surface area contributed by atoms with Gasteiger partial charge >= 0.3 is 0 Å². The normalized spacial score (nSPS) is 12.1. The lowest BCUT2D eigenvalue weighted by Crippen LogP contribution is -2.26. The number of benzene rings is 2. The zero-order valence-corrected chi connectivity index (χ0v) is 15.0. The van der Waals surface area contributed by atoms with Crippen LogP contribution in [0.3, 0.4) is 0 Å². The second kappa shape index (κ2) is 7.43. The molecule has 2 N–H and O–H groups in total. The van der Waals surface area contributed by atoms with E-state index in [1.54, 1.807) is 0 Å². The lowest BCUT2D eigenvalue weighted by atomic mass is 10.1. The molecule has 0 bridgehead atoms. The number of hydrogen-bond acceptors (Lipinski definition) is 2. The van der Waals surface area contributed by atoms with Crippen LogP contribution in [-0.4, -0.2) is 25.0 Å². The predicted molar refractivity (Wildman–Crippen MR) is 104 cm³/mol. The Bertz CT molecular complexity index is 849. The van der Waals surface area contributed by atoms with Crippen molar-refractivity contribution in [2.24, 2.45) is 0 Å². The van der Waals surface area contributed by atoms with Gasteiger partial charge in [0.2, 0.25) is 5.91 Å². The van der Waals surface area contributed by atoms with Crippen molar-refractivity contribution >= 4 is 22.5 Å². The lowest BCUT2D eigenvalue weighted by Gasteiger charge is -2.17. The Balaban J connectivity index is 1.56. The highest BCUT2D eigenvalue weighted by Gasteiger charge is 2.11. The first-order valence-corrected chi connectivity index (χ1v) is 8.66. The topological polar surface area (TPSA) is 48.1 Å². The molecule has 0 spiro atoms. The molecule has 130 valence electrons. The number of nitrogens with one attached hydrogen (secondary N) is 2. The number of carbonyl (C=O) groups is 1. The quantitative estimate of drug-likeness (QED) is 0.714. The Morgan fingerprint density at radius 1 is 1.12 bits per heavy atom. The van der Waals surface area contributed by atoms with E-state index >= 15 is 0 Å². The van der Waals surface area contributed by atoms with E-state index in [-0.39, 0.29) is 11.9 Å². The number of aromatic amines is 1. The number of rotatable bonds is 6. The molecule has 25 heavy (non-hydrogen) atoms. The summed E-state index contributed by atoms with van der Waals surface area (Å²) < 4.78 is 0. The molecule has 1 atom stereocenters. The zero-order valence-electron chi connectivity index (χ0n) is 15.0. The first-order valence-electron chi connectivity index (χ1n) is 8.66. The van der Waals surface area contributed by atoms with Crippen LogP contribution in [-0.2, 0) is 11.2 Å². The van der Waals surface area contributed by atoms with E-state index in [0.717, 1.165) is 23.2 Å². The van der Waals surface area contributed by atoms with E-state index in [1.807, 2.05) is 39.3 Å². The first kappa shape index (κ1) is 17.1. The van der Waals surface area contributed by atoms with Crippen LogP contribution >= 0.6 is 0 Å². The van der Waals surface area contributed by atoms with Crippen molar-refractivity contribution in [2.45, 2.75) is 25.8 Å². The van der Waals surface area contributed by atoms with E-state index in [9.17, 15) is 4.79 Å². The molecule has 2 aromatic carbocycles. The van der Waals surface area contributed by atoms with Crippen LogP contribution in [0.25, 0.3) is 10.9 Å². The standard InChI is InChI=1S/C21H25N3O/c1-15(16-8-11-18(12-9-16)24(2)3)23-21(25)13-10-17-14-22-20-7-5-4-6-19(17)20/h4-9,11-12,14-15,22H,10,13H2,1-3H3,(H,23,25). The van der Waals surface area contributed by atoms with E-state index in [2.05, 4.69) is 51.6 Å². The summed E-state index contributed by atoms with van der Waals surface area (Å²) in [6.45, 7) is 2.02. The summed E-state index contributed by atoms with van der Waals surface area (Å²) in [5.74, 6) is 0.0782. The Morgan fingerprint density at radius 2 is 1.84 bits per heavy atom. The number of anilines is 1. The molecular weight excluding hydrogens is 310 g/mol. The highest BCUT2D eigenvalue weighted by molar-refractivity contribution is 5.84. The van der Waals surface area contributed by atoms with Gasteiger partial charge < -0.3 is 15.2 Å². The van der Waals surface area contributed by atoms with Gasteiger partial charge in [-0.15, -0.1) is 0 Å². The molecule has 3 rings (SSSR count). The number of para-hydroxylation sites is 1. The smallest absolute Gasteiger partial charge is 0.220 e. The number of amides is 1. The summed E-state index contributed by atoms with van der Waals surface area (Å²) in [6.07, 6.45) is 3.23. The highest BCUT2D eigenvalue weighted by Crippen LogP contribution is 2.20. The van der Waals surface area contributed by atoms with Crippen molar-refractivity contribution in [3.05, 3.63) is 65.9 Å². The summed E-state index contributed by atoms with van der Waals surface area (Å²) in [6, 6.07) is 16.5. The second-order valence-electron chi connectivity index (χ2n) is 6.63. The molecule has 1 heterocycles. The molecule has 0 saturated heterocycles. The zero-order chi connectivity index (χ0) is 17.8. The Labute approximate surface area is 148 Å². The molecule has 4 nitrogen and oxygen atoms in total. The number of H-pyrrole nitrogens is 1. The molecule has 0 fully saturated rings. The van der Waals surface area contributed by atoms with Crippen LogP contribution in [0, 0.1) is 0 Å².